The zero-order chi connectivity index (χ0) is 9.90. The summed E-state index contributed by atoms with van der Waals surface area (Å²) in [7, 11) is 2.07. The lowest BCUT2D eigenvalue weighted by Gasteiger charge is -2.36. The van der Waals surface area contributed by atoms with E-state index in [0.29, 0.717) is 0 Å². The first-order valence-corrected chi connectivity index (χ1v) is 5.34. The molecule has 0 saturated heterocycles. The lowest BCUT2D eigenvalue weighted by Crippen LogP contribution is -2.41. The van der Waals surface area contributed by atoms with Crippen LogP contribution in [0.15, 0.2) is 17.5 Å². The average molecular weight is 199 g/mol. The number of hydrogen-bond acceptors (Lipinski definition) is 3. The average Bonchev–Trinajstić information content (AvgIpc) is 2.54. The van der Waals surface area contributed by atoms with Crippen molar-refractivity contribution in [2.45, 2.75) is 25.8 Å². The van der Waals surface area contributed by atoms with Crippen LogP contribution in [0.2, 0.25) is 0 Å². The van der Waals surface area contributed by atoms with Crippen molar-refractivity contribution in [2.24, 2.45) is 0 Å². The van der Waals surface area contributed by atoms with Crippen LogP contribution in [0.4, 0.5) is 5.00 Å². The first-order valence-electron chi connectivity index (χ1n) is 4.46. The molecule has 3 heteroatoms. The molecule has 0 amide bonds. The van der Waals surface area contributed by atoms with Crippen molar-refractivity contribution in [1.29, 1.82) is 0 Å². The third-order valence-corrected chi connectivity index (χ3v) is 3.41. The van der Waals surface area contributed by atoms with Crippen LogP contribution < -0.4 is 4.90 Å². The second-order valence-corrected chi connectivity index (χ2v) is 4.72. The molecule has 1 heterocycles. The summed E-state index contributed by atoms with van der Waals surface area (Å²) in [5, 5.41) is 12.2. The molecule has 13 heavy (non-hydrogen) atoms. The molecule has 1 rings (SSSR count). The topological polar surface area (TPSA) is 23.5 Å². The van der Waals surface area contributed by atoms with E-state index in [9.17, 15) is 0 Å². The molecule has 0 aliphatic carbocycles. The number of hydrogen-bond donors (Lipinski definition) is 1. The van der Waals surface area contributed by atoms with Gasteiger partial charge in [0.25, 0.3) is 0 Å². The fourth-order valence-electron chi connectivity index (χ4n) is 1.20. The number of nitrogens with zero attached hydrogens (tertiary/aromatic N) is 1. The summed E-state index contributed by atoms with van der Waals surface area (Å²) < 4.78 is 0. The molecule has 0 aliphatic heterocycles. The highest BCUT2D eigenvalue weighted by Gasteiger charge is 2.23. The van der Waals surface area contributed by atoms with Gasteiger partial charge >= 0.3 is 0 Å². The maximum atomic E-state index is 8.93. The Hall–Kier alpha value is -0.540. The maximum Gasteiger partial charge on any atom is 0.0910 e. The first kappa shape index (κ1) is 10.5. The Morgan fingerprint density at radius 1 is 1.54 bits per heavy atom. The zero-order valence-corrected chi connectivity index (χ0v) is 9.27. The van der Waals surface area contributed by atoms with Gasteiger partial charge in [-0.2, -0.15) is 0 Å². The molecular formula is C10H17NOS. The lowest BCUT2D eigenvalue weighted by molar-refractivity contribution is 0.250. The summed E-state index contributed by atoms with van der Waals surface area (Å²) in [5.41, 5.74) is 0.0274. The Kier molecular flexibility index (Phi) is 3.33. The quantitative estimate of drug-likeness (QED) is 0.804. The van der Waals surface area contributed by atoms with E-state index in [0.717, 1.165) is 6.42 Å². The molecule has 0 unspecified atom stereocenters. The van der Waals surface area contributed by atoms with Gasteiger partial charge in [-0.05, 0) is 37.8 Å². The second-order valence-electron chi connectivity index (χ2n) is 3.80. The third-order valence-electron chi connectivity index (χ3n) is 2.47. The minimum atomic E-state index is 0.0274. The van der Waals surface area contributed by atoms with Crippen LogP contribution in [0.1, 0.15) is 20.3 Å². The Morgan fingerprint density at radius 3 is 2.69 bits per heavy atom. The van der Waals surface area contributed by atoms with E-state index in [2.05, 4.69) is 37.2 Å². The molecule has 1 N–H and O–H groups in total. The van der Waals surface area contributed by atoms with Gasteiger partial charge in [0.2, 0.25) is 0 Å². The minimum absolute atomic E-state index is 0.0274. The smallest absolute Gasteiger partial charge is 0.0910 e. The van der Waals surface area contributed by atoms with E-state index in [1.165, 1.54) is 5.00 Å². The van der Waals surface area contributed by atoms with Crippen LogP contribution in [-0.4, -0.2) is 24.3 Å². The van der Waals surface area contributed by atoms with Gasteiger partial charge in [-0.1, -0.05) is 0 Å². The van der Waals surface area contributed by atoms with Crippen molar-refractivity contribution >= 4 is 16.3 Å². The van der Waals surface area contributed by atoms with E-state index in [-0.39, 0.29) is 12.1 Å². The van der Waals surface area contributed by atoms with E-state index in [4.69, 9.17) is 5.11 Å². The fourth-order valence-corrected chi connectivity index (χ4v) is 2.06. The number of thiophene rings is 1. The van der Waals surface area contributed by atoms with Crippen LogP contribution in [0.3, 0.4) is 0 Å². The van der Waals surface area contributed by atoms with Crippen LogP contribution >= 0.6 is 11.3 Å². The maximum absolute atomic E-state index is 8.93. The molecule has 0 fully saturated rings. The summed E-state index contributed by atoms with van der Waals surface area (Å²) in [6.45, 7) is 4.52. The summed E-state index contributed by atoms with van der Waals surface area (Å²) in [5.74, 6) is 0. The first-order chi connectivity index (χ1) is 6.08. The highest BCUT2D eigenvalue weighted by atomic mass is 32.1. The molecule has 0 aromatic carbocycles. The SMILES string of the molecule is CN(c1cccs1)C(C)(C)CCO. The third kappa shape index (κ3) is 2.45. The molecule has 0 aliphatic rings. The van der Waals surface area contributed by atoms with Crippen LogP contribution in [0.25, 0.3) is 0 Å². The molecule has 0 bridgehead atoms. The Labute approximate surface area is 83.8 Å². The molecule has 0 radical (unpaired) electrons. The molecule has 0 atom stereocenters. The van der Waals surface area contributed by atoms with Crippen molar-refractivity contribution < 1.29 is 5.11 Å². The van der Waals surface area contributed by atoms with E-state index < -0.39 is 0 Å². The van der Waals surface area contributed by atoms with Gasteiger partial charge in [0.1, 0.15) is 0 Å². The molecular weight excluding hydrogens is 182 g/mol. The van der Waals surface area contributed by atoms with Crippen LogP contribution in [0, 0.1) is 0 Å². The van der Waals surface area contributed by atoms with Gasteiger partial charge in [0.15, 0.2) is 0 Å². The Balaban J connectivity index is 2.71. The minimum Gasteiger partial charge on any atom is -0.396 e. The zero-order valence-electron chi connectivity index (χ0n) is 8.45. The Bertz CT molecular complexity index is 243. The molecule has 74 valence electrons. The van der Waals surface area contributed by atoms with Crippen LogP contribution in [-0.2, 0) is 0 Å². The normalized spacial score (nSPS) is 11.7. The number of rotatable bonds is 4. The van der Waals surface area contributed by atoms with Crippen molar-refractivity contribution in [2.75, 3.05) is 18.6 Å². The number of aliphatic hydroxyl groups excluding tert-OH is 1. The van der Waals surface area contributed by atoms with Gasteiger partial charge in [0.05, 0.1) is 5.00 Å². The van der Waals surface area contributed by atoms with Crippen LogP contribution in [0.5, 0.6) is 0 Å². The summed E-state index contributed by atoms with van der Waals surface area (Å²) in [4.78, 5) is 2.22. The molecule has 1 aromatic heterocycles. The van der Waals surface area contributed by atoms with Gasteiger partial charge in [-0.15, -0.1) is 11.3 Å². The number of anilines is 1. The van der Waals surface area contributed by atoms with Gasteiger partial charge < -0.3 is 10.0 Å². The standard InChI is InChI=1S/C10H17NOS/c1-10(2,6-7-12)11(3)9-5-4-8-13-9/h4-5,8,12H,6-7H2,1-3H3. The number of aliphatic hydroxyl groups is 1. The summed E-state index contributed by atoms with van der Waals surface area (Å²) >= 11 is 1.73. The lowest BCUT2D eigenvalue weighted by atomic mass is 10.00. The highest BCUT2D eigenvalue weighted by molar-refractivity contribution is 7.14. The molecule has 1 aromatic rings. The van der Waals surface area contributed by atoms with Crippen molar-refractivity contribution in [3.8, 4) is 0 Å². The van der Waals surface area contributed by atoms with Gasteiger partial charge in [0, 0.05) is 19.2 Å². The monoisotopic (exact) mass is 199 g/mol. The van der Waals surface area contributed by atoms with E-state index in [1.54, 1.807) is 11.3 Å². The van der Waals surface area contributed by atoms with E-state index in [1.807, 2.05) is 6.07 Å². The molecule has 0 spiro atoms. The van der Waals surface area contributed by atoms with Crippen molar-refractivity contribution in [1.82, 2.24) is 0 Å². The van der Waals surface area contributed by atoms with Gasteiger partial charge in [-0.3, -0.25) is 0 Å². The second kappa shape index (κ2) is 4.11. The molecule has 2 nitrogen and oxygen atoms in total. The summed E-state index contributed by atoms with van der Waals surface area (Å²) in [6, 6.07) is 4.15. The summed E-state index contributed by atoms with van der Waals surface area (Å²) in [6.07, 6.45) is 0.793. The predicted molar refractivity (Wildman–Crippen MR) is 58.5 cm³/mol. The van der Waals surface area contributed by atoms with E-state index >= 15 is 0 Å². The fraction of sp³-hybridized carbons (Fsp3) is 0.600. The van der Waals surface area contributed by atoms with Crippen molar-refractivity contribution in [3.63, 3.8) is 0 Å². The predicted octanol–water partition coefficient (Wildman–Crippen LogP) is 2.35. The molecule has 0 saturated carbocycles. The Morgan fingerprint density at radius 2 is 2.23 bits per heavy atom. The largest absolute Gasteiger partial charge is 0.396 e. The van der Waals surface area contributed by atoms with Crippen molar-refractivity contribution in [3.05, 3.63) is 17.5 Å². The van der Waals surface area contributed by atoms with Gasteiger partial charge in [-0.25, -0.2) is 0 Å². The highest BCUT2D eigenvalue weighted by Crippen LogP contribution is 2.28.